The van der Waals surface area contributed by atoms with E-state index in [9.17, 15) is 8.42 Å². The molecule has 5 heteroatoms. The Kier molecular flexibility index (Phi) is 7.22. The standard InChI is InChI=1S/C7H8O3S.C5H8O/c1-6-2-4-7(5-3-6)11(8,9)10;1-2-3-4-5-6/h2-5H,1H3,(H,8,9,10);6H,2,5H2,1H3. The zero-order chi connectivity index (χ0) is 13.3. The second-order valence-electron chi connectivity index (χ2n) is 3.15. The average molecular weight is 256 g/mol. The molecule has 0 aliphatic rings. The van der Waals surface area contributed by atoms with Gasteiger partial charge in [-0.15, -0.1) is 5.92 Å². The second-order valence-corrected chi connectivity index (χ2v) is 4.57. The highest BCUT2D eigenvalue weighted by Gasteiger charge is 2.06. The van der Waals surface area contributed by atoms with E-state index in [-0.39, 0.29) is 11.5 Å². The van der Waals surface area contributed by atoms with Crippen molar-refractivity contribution >= 4 is 10.1 Å². The average Bonchev–Trinajstić information content (AvgIpc) is 2.26. The molecule has 0 spiro atoms. The van der Waals surface area contributed by atoms with E-state index in [1.54, 1.807) is 12.1 Å². The van der Waals surface area contributed by atoms with Crippen LogP contribution < -0.4 is 0 Å². The molecule has 0 aliphatic heterocycles. The molecular weight excluding hydrogens is 240 g/mol. The lowest BCUT2D eigenvalue weighted by Gasteiger charge is -1.95. The summed E-state index contributed by atoms with van der Waals surface area (Å²) in [6.45, 7) is 3.78. The second kappa shape index (κ2) is 7.85. The van der Waals surface area contributed by atoms with Gasteiger partial charge < -0.3 is 5.11 Å². The van der Waals surface area contributed by atoms with Crippen LogP contribution in [0.3, 0.4) is 0 Å². The maximum absolute atomic E-state index is 10.5. The van der Waals surface area contributed by atoms with Crippen molar-refractivity contribution in [1.82, 2.24) is 0 Å². The Hall–Kier alpha value is -1.35. The first-order chi connectivity index (χ1) is 7.91. The summed E-state index contributed by atoms with van der Waals surface area (Å²) in [7, 11) is -4.02. The first-order valence-corrected chi connectivity index (χ1v) is 6.46. The smallest absolute Gasteiger partial charge is 0.294 e. The molecule has 1 aromatic rings. The van der Waals surface area contributed by atoms with E-state index in [1.165, 1.54) is 12.1 Å². The van der Waals surface area contributed by atoms with Gasteiger partial charge in [-0.05, 0) is 19.1 Å². The van der Waals surface area contributed by atoms with Crippen LogP contribution >= 0.6 is 0 Å². The van der Waals surface area contributed by atoms with Crippen LogP contribution in [-0.4, -0.2) is 24.7 Å². The molecule has 0 atom stereocenters. The fourth-order valence-electron chi connectivity index (χ4n) is 0.891. The first-order valence-electron chi connectivity index (χ1n) is 5.02. The SMILES string of the molecule is CCC#CCO.Cc1ccc(S(=O)(=O)O)cc1. The van der Waals surface area contributed by atoms with Crippen LogP contribution in [0.25, 0.3) is 0 Å². The minimum Gasteiger partial charge on any atom is -0.384 e. The van der Waals surface area contributed by atoms with Gasteiger partial charge in [0.15, 0.2) is 0 Å². The lowest BCUT2D eigenvalue weighted by atomic mass is 10.2. The van der Waals surface area contributed by atoms with E-state index in [1.807, 2.05) is 13.8 Å². The topological polar surface area (TPSA) is 74.6 Å². The van der Waals surface area contributed by atoms with Gasteiger partial charge in [-0.1, -0.05) is 30.5 Å². The Morgan fingerprint density at radius 2 is 1.71 bits per heavy atom. The molecule has 17 heavy (non-hydrogen) atoms. The molecule has 4 nitrogen and oxygen atoms in total. The van der Waals surface area contributed by atoms with Crippen LogP contribution in [0.1, 0.15) is 18.9 Å². The predicted octanol–water partition coefficient (Wildman–Crippen LogP) is 1.63. The number of hydrogen-bond acceptors (Lipinski definition) is 3. The van der Waals surface area contributed by atoms with Crippen LogP contribution in [-0.2, 0) is 10.1 Å². The summed E-state index contributed by atoms with van der Waals surface area (Å²) < 4.78 is 29.6. The summed E-state index contributed by atoms with van der Waals surface area (Å²) in [6.07, 6.45) is 0.834. The van der Waals surface area contributed by atoms with Crippen LogP contribution in [0, 0.1) is 18.8 Å². The van der Waals surface area contributed by atoms with Crippen molar-refractivity contribution in [3.8, 4) is 11.8 Å². The van der Waals surface area contributed by atoms with Gasteiger partial charge in [0.05, 0.1) is 4.90 Å². The summed E-state index contributed by atoms with van der Waals surface area (Å²) >= 11 is 0. The fraction of sp³-hybridized carbons (Fsp3) is 0.333. The highest BCUT2D eigenvalue weighted by molar-refractivity contribution is 7.85. The molecule has 0 heterocycles. The van der Waals surface area contributed by atoms with Crippen LogP contribution in [0.2, 0.25) is 0 Å². The van der Waals surface area contributed by atoms with E-state index in [0.29, 0.717) is 0 Å². The monoisotopic (exact) mass is 256 g/mol. The lowest BCUT2D eigenvalue weighted by molar-refractivity contribution is 0.350. The third kappa shape index (κ3) is 7.53. The molecule has 0 saturated carbocycles. The Balaban J connectivity index is 0.000000366. The molecule has 0 saturated heterocycles. The third-order valence-corrected chi connectivity index (χ3v) is 2.57. The molecule has 1 aromatic carbocycles. The van der Waals surface area contributed by atoms with E-state index in [4.69, 9.17) is 9.66 Å². The summed E-state index contributed by atoms with van der Waals surface area (Å²) in [5.74, 6) is 5.20. The number of aliphatic hydroxyl groups is 1. The Labute approximate surface area is 102 Å². The number of benzene rings is 1. The molecule has 0 bridgehead atoms. The fourth-order valence-corrected chi connectivity index (χ4v) is 1.37. The summed E-state index contributed by atoms with van der Waals surface area (Å²) in [4.78, 5) is -0.0666. The zero-order valence-corrected chi connectivity index (χ0v) is 10.7. The van der Waals surface area contributed by atoms with Gasteiger partial charge in [-0.25, -0.2) is 0 Å². The Morgan fingerprint density at radius 3 is 2.00 bits per heavy atom. The molecule has 1 rings (SSSR count). The normalized spacial score (nSPS) is 9.65. The highest BCUT2D eigenvalue weighted by Crippen LogP contribution is 2.08. The van der Waals surface area contributed by atoms with E-state index >= 15 is 0 Å². The minimum absolute atomic E-state index is 0.00611. The highest BCUT2D eigenvalue weighted by atomic mass is 32.2. The Morgan fingerprint density at radius 1 is 1.18 bits per heavy atom. The van der Waals surface area contributed by atoms with Crippen LogP contribution in [0.15, 0.2) is 29.2 Å². The molecule has 0 aromatic heterocycles. The molecule has 0 radical (unpaired) electrons. The number of hydrogen-bond donors (Lipinski definition) is 2. The van der Waals surface area contributed by atoms with Gasteiger partial charge in [0, 0.05) is 6.42 Å². The van der Waals surface area contributed by atoms with Crippen LogP contribution in [0.4, 0.5) is 0 Å². The van der Waals surface area contributed by atoms with Crippen molar-refractivity contribution in [3.63, 3.8) is 0 Å². The maximum Gasteiger partial charge on any atom is 0.294 e. The van der Waals surface area contributed by atoms with Crippen molar-refractivity contribution in [2.45, 2.75) is 25.2 Å². The Bertz CT molecular complexity index is 469. The largest absolute Gasteiger partial charge is 0.384 e. The zero-order valence-electron chi connectivity index (χ0n) is 9.84. The maximum atomic E-state index is 10.5. The van der Waals surface area contributed by atoms with Gasteiger partial charge in [0.2, 0.25) is 0 Å². The van der Waals surface area contributed by atoms with Crippen molar-refractivity contribution in [2.75, 3.05) is 6.61 Å². The van der Waals surface area contributed by atoms with Gasteiger partial charge in [-0.3, -0.25) is 4.55 Å². The lowest BCUT2D eigenvalue weighted by Crippen LogP contribution is -1.96. The molecule has 0 fully saturated rings. The number of rotatable bonds is 1. The van der Waals surface area contributed by atoms with E-state index in [0.717, 1.165) is 12.0 Å². The van der Waals surface area contributed by atoms with Crippen molar-refractivity contribution in [1.29, 1.82) is 0 Å². The number of aryl methyl sites for hydroxylation is 1. The summed E-state index contributed by atoms with van der Waals surface area (Å²) in [5, 5.41) is 8.02. The van der Waals surface area contributed by atoms with Gasteiger partial charge in [-0.2, -0.15) is 8.42 Å². The molecule has 0 unspecified atom stereocenters. The van der Waals surface area contributed by atoms with Crippen molar-refractivity contribution in [2.24, 2.45) is 0 Å². The molecule has 94 valence electrons. The number of aliphatic hydroxyl groups excluding tert-OH is 1. The third-order valence-electron chi connectivity index (χ3n) is 1.70. The summed E-state index contributed by atoms with van der Waals surface area (Å²) in [5.41, 5.74) is 0.956. The van der Waals surface area contributed by atoms with Crippen molar-refractivity contribution in [3.05, 3.63) is 29.8 Å². The molecule has 0 aliphatic carbocycles. The molecule has 2 N–H and O–H groups in total. The van der Waals surface area contributed by atoms with Gasteiger partial charge in [0.25, 0.3) is 10.1 Å². The van der Waals surface area contributed by atoms with Crippen molar-refractivity contribution < 1.29 is 18.1 Å². The van der Waals surface area contributed by atoms with Gasteiger partial charge >= 0.3 is 0 Å². The predicted molar refractivity (Wildman–Crippen MR) is 66.1 cm³/mol. The quantitative estimate of drug-likeness (QED) is 0.591. The summed E-state index contributed by atoms with van der Waals surface area (Å²) in [6, 6.07) is 5.99. The van der Waals surface area contributed by atoms with E-state index < -0.39 is 10.1 Å². The van der Waals surface area contributed by atoms with Gasteiger partial charge in [0.1, 0.15) is 6.61 Å². The first kappa shape index (κ1) is 15.7. The molecule has 0 amide bonds. The minimum atomic E-state index is -4.02. The van der Waals surface area contributed by atoms with Crippen LogP contribution in [0.5, 0.6) is 0 Å². The van der Waals surface area contributed by atoms with E-state index in [2.05, 4.69) is 11.8 Å². The molecular formula is C12H16O4S.